The molecule has 0 atom stereocenters. The summed E-state index contributed by atoms with van der Waals surface area (Å²) in [4.78, 5) is 51.8. The second-order valence-corrected chi connectivity index (χ2v) is 18.9. The van der Waals surface area contributed by atoms with Crippen LogP contribution in [0.3, 0.4) is 0 Å². The van der Waals surface area contributed by atoms with Crippen LogP contribution in [0.4, 0.5) is 17.1 Å². The van der Waals surface area contributed by atoms with Gasteiger partial charge in [0, 0.05) is 86.5 Å². The Bertz CT molecular complexity index is 2760. The van der Waals surface area contributed by atoms with Crippen LogP contribution in [-0.2, 0) is 21.1 Å². The molecule has 1 N–H and O–H groups in total. The molecule has 4 aliphatic rings. The number of Topliss-reactive ketones (excluding diaryl/α,β-unsaturated/α-hetero) is 2. The number of carbonyl (C=O) groups excluding carboxylic acids is 3. The van der Waals surface area contributed by atoms with E-state index in [0.717, 1.165) is 98.2 Å². The van der Waals surface area contributed by atoms with Crippen molar-refractivity contribution in [3.63, 3.8) is 0 Å². The first-order valence-electron chi connectivity index (χ1n) is 23.4. The summed E-state index contributed by atoms with van der Waals surface area (Å²) in [5.41, 5.74) is 9.35. The second-order valence-electron chi connectivity index (χ2n) is 17.5. The first-order chi connectivity index (χ1) is 32.8. The van der Waals surface area contributed by atoms with Gasteiger partial charge in [-0.1, -0.05) is 60.9 Å². The van der Waals surface area contributed by atoms with Crippen LogP contribution in [-0.4, -0.2) is 101 Å². The number of aromatic nitrogens is 1. The molecule has 6 heterocycles. The lowest BCUT2D eigenvalue weighted by molar-refractivity contribution is -0.503. The summed E-state index contributed by atoms with van der Waals surface area (Å²) in [6.45, 7) is 5.07. The van der Waals surface area contributed by atoms with Crippen LogP contribution >= 0.6 is 22.9 Å². The molecule has 344 valence electrons. The predicted octanol–water partition coefficient (Wildman–Crippen LogP) is 9.99. The molecule has 0 radical (unpaired) electrons. The minimum absolute atomic E-state index is 0.0128. The number of fused-ring (bicyclic) bond motifs is 4. The maximum absolute atomic E-state index is 13.5. The average molecular weight is 936 g/mol. The van der Waals surface area contributed by atoms with Crippen LogP contribution < -0.4 is 15.0 Å². The van der Waals surface area contributed by atoms with E-state index in [-0.39, 0.29) is 30.6 Å². The number of ketones is 2. The minimum atomic E-state index is -0.0128. The number of anilines is 2. The third-order valence-corrected chi connectivity index (χ3v) is 13.9. The fraction of sp³-hybridized carbons (Fsp3) is 0.315. The Labute approximate surface area is 402 Å². The standard InChI is InChI=1S/C54H56ClN7O4S/c1-58-29-31-59(32-30-58)54-47-12-6-7-13-49(47)60(50-26-19-40(55)34-48(50)57-54)36-44(63)11-8-28-56-53(65)15-5-3-2-4-10-45(64)37-66-46-24-17-39(18-25-46)16-20-41-21-22-42-35-43-23-27-51(52-14-9-33-67-52)62(43)38-61(41)42/h6-7,9,12-14,16-27,33-35H,2-5,8,10-11,15,28-32,36-38H2,1H3/p+1/b20-16+. The Morgan fingerprint density at radius 2 is 1.63 bits per heavy atom. The first kappa shape index (κ1) is 45.8. The van der Waals surface area contributed by atoms with Crippen molar-refractivity contribution in [2.75, 3.05) is 57.8 Å². The van der Waals surface area contributed by atoms with E-state index in [9.17, 15) is 14.4 Å². The molecule has 9 rings (SSSR count). The van der Waals surface area contributed by atoms with Crippen LogP contribution in [0.15, 0.2) is 119 Å². The molecule has 67 heavy (non-hydrogen) atoms. The summed E-state index contributed by atoms with van der Waals surface area (Å²) >= 11 is 8.22. The normalized spacial score (nSPS) is 15.4. The summed E-state index contributed by atoms with van der Waals surface area (Å²) in [6, 6.07) is 30.2. The molecule has 13 heteroatoms. The number of likely N-dealkylation sites (N-methyl/N-ethyl adjacent to an activating group) is 1. The lowest BCUT2D eigenvalue weighted by Crippen LogP contribution is -2.47. The maximum Gasteiger partial charge on any atom is 0.229 e. The average Bonchev–Trinajstić information content (AvgIpc) is 4.10. The van der Waals surface area contributed by atoms with E-state index in [1.807, 2.05) is 54.6 Å². The van der Waals surface area contributed by atoms with Crippen molar-refractivity contribution in [2.45, 2.75) is 58.0 Å². The molecule has 2 aromatic heterocycles. The number of carbonyl (C=O) groups is 3. The number of hydrogen-bond acceptors (Lipinski definition) is 9. The molecule has 0 unspecified atom stereocenters. The number of para-hydroxylation sites is 1. The number of benzene rings is 3. The molecular weight excluding hydrogens is 878 g/mol. The van der Waals surface area contributed by atoms with Crippen molar-refractivity contribution < 1.29 is 23.7 Å². The third kappa shape index (κ3) is 11.3. The van der Waals surface area contributed by atoms with E-state index < -0.39 is 0 Å². The van der Waals surface area contributed by atoms with Gasteiger partial charge in [0.05, 0.1) is 34.2 Å². The number of hydrogen-bond donors (Lipinski definition) is 1. The lowest BCUT2D eigenvalue weighted by atomic mass is 10.1. The summed E-state index contributed by atoms with van der Waals surface area (Å²) in [7, 11) is 2.13. The number of ether oxygens (including phenoxy) is 1. The van der Waals surface area contributed by atoms with Gasteiger partial charge in [-0.3, -0.25) is 19.0 Å². The molecule has 5 aromatic rings. The van der Waals surface area contributed by atoms with Crippen molar-refractivity contribution in [3.05, 3.63) is 147 Å². The zero-order chi connectivity index (χ0) is 46.1. The van der Waals surface area contributed by atoms with Crippen molar-refractivity contribution in [2.24, 2.45) is 4.99 Å². The maximum atomic E-state index is 13.5. The summed E-state index contributed by atoms with van der Waals surface area (Å²) in [5.74, 6) is 1.71. The predicted molar refractivity (Wildman–Crippen MR) is 271 cm³/mol. The monoisotopic (exact) mass is 934 g/mol. The highest BCUT2D eigenvalue weighted by atomic mass is 35.5. The molecule has 4 aliphatic heterocycles. The third-order valence-electron chi connectivity index (χ3n) is 12.7. The first-order valence-corrected chi connectivity index (χ1v) is 24.7. The molecule has 1 fully saturated rings. The zero-order valence-electron chi connectivity index (χ0n) is 38.0. The van der Waals surface area contributed by atoms with Crippen LogP contribution in [0.25, 0.3) is 18.2 Å². The number of amidine groups is 1. The largest absolute Gasteiger partial charge is 0.486 e. The van der Waals surface area contributed by atoms with E-state index in [1.54, 1.807) is 11.3 Å². The van der Waals surface area contributed by atoms with Gasteiger partial charge in [0.25, 0.3) is 0 Å². The number of halogens is 1. The molecule has 0 saturated carbocycles. The second kappa shape index (κ2) is 21.5. The topological polar surface area (TPSA) is 102 Å². The van der Waals surface area contributed by atoms with Crippen LogP contribution in [0.2, 0.25) is 5.02 Å². The van der Waals surface area contributed by atoms with Crippen molar-refractivity contribution in [1.82, 2.24) is 19.7 Å². The minimum Gasteiger partial charge on any atom is -0.486 e. The van der Waals surface area contributed by atoms with Crippen molar-refractivity contribution >= 4 is 87.2 Å². The molecular formula is C54H57ClN7O4S+. The Hall–Kier alpha value is -6.34. The molecule has 11 nitrogen and oxygen atoms in total. The van der Waals surface area contributed by atoms with Gasteiger partial charge in [-0.15, -0.1) is 11.3 Å². The molecule has 0 spiro atoms. The van der Waals surface area contributed by atoms with Gasteiger partial charge in [-0.2, -0.15) is 4.58 Å². The van der Waals surface area contributed by atoms with Gasteiger partial charge in [-0.25, -0.2) is 4.99 Å². The Morgan fingerprint density at radius 1 is 0.821 bits per heavy atom. The number of piperazine rings is 1. The Morgan fingerprint density at radius 3 is 2.45 bits per heavy atom. The SMILES string of the molecule is CN1CCN(C2=Nc3cc(Cl)ccc3N(CC(=O)CCCNC(=O)CCCCCCC(=O)COc3ccc(/C=C/c4ccc5n4C[N+]4=C(c6cccs6)C=CC4=C5)cc3)c3ccccc32)CC1. The number of amides is 1. The van der Waals surface area contributed by atoms with Gasteiger partial charge in [-0.05, 0) is 104 Å². The number of rotatable bonds is 19. The fourth-order valence-electron chi connectivity index (χ4n) is 8.99. The van der Waals surface area contributed by atoms with E-state index in [4.69, 9.17) is 21.3 Å². The van der Waals surface area contributed by atoms with Crippen LogP contribution in [0.1, 0.15) is 78.8 Å². The smallest absolute Gasteiger partial charge is 0.229 e. The van der Waals surface area contributed by atoms with E-state index >= 15 is 0 Å². The number of aliphatic imine (C=N–C) groups is 1. The summed E-state index contributed by atoms with van der Waals surface area (Å²) < 4.78 is 10.5. The zero-order valence-corrected chi connectivity index (χ0v) is 39.6. The van der Waals surface area contributed by atoms with Gasteiger partial charge in [0.2, 0.25) is 24.0 Å². The quantitative estimate of drug-likeness (QED) is 0.0650. The highest BCUT2D eigenvalue weighted by Gasteiger charge is 2.31. The van der Waals surface area contributed by atoms with E-state index in [1.165, 1.54) is 22.0 Å². The van der Waals surface area contributed by atoms with Gasteiger partial charge >= 0.3 is 0 Å². The number of nitrogens with zero attached hydrogens (tertiary/aromatic N) is 6. The van der Waals surface area contributed by atoms with E-state index in [2.05, 4.69) is 108 Å². The van der Waals surface area contributed by atoms with Gasteiger partial charge < -0.3 is 24.8 Å². The Balaban J connectivity index is 0.648. The van der Waals surface area contributed by atoms with E-state index in [0.29, 0.717) is 43.0 Å². The number of unbranched alkanes of at least 4 members (excludes halogenated alkanes) is 3. The highest BCUT2D eigenvalue weighted by molar-refractivity contribution is 7.12. The van der Waals surface area contributed by atoms with Gasteiger partial charge in [0.15, 0.2) is 11.6 Å². The summed E-state index contributed by atoms with van der Waals surface area (Å²) in [5, 5.41) is 5.70. The lowest BCUT2D eigenvalue weighted by Gasteiger charge is -2.35. The van der Waals surface area contributed by atoms with Crippen molar-refractivity contribution in [1.29, 1.82) is 0 Å². The van der Waals surface area contributed by atoms with Gasteiger partial charge in [0.1, 0.15) is 18.2 Å². The molecule has 1 amide bonds. The number of nitrogens with one attached hydrogen (secondary N) is 1. The van der Waals surface area contributed by atoms with Crippen molar-refractivity contribution in [3.8, 4) is 5.75 Å². The molecule has 0 aliphatic carbocycles. The summed E-state index contributed by atoms with van der Waals surface area (Å²) in [6.07, 6.45) is 15.9. The molecule has 0 bridgehead atoms. The van der Waals surface area contributed by atoms with Crippen LogP contribution in [0, 0.1) is 0 Å². The molecule has 1 saturated heterocycles. The fourth-order valence-corrected chi connectivity index (χ4v) is 9.92. The Kier molecular flexibility index (Phi) is 14.7. The van der Waals surface area contributed by atoms with Crippen LogP contribution in [0.5, 0.6) is 5.75 Å². The number of thiophene rings is 1. The molecule has 3 aromatic carbocycles. The number of allylic oxidation sites excluding steroid dienone is 2. The highest BCUT2D eigenvalue weighted by Crippen LogP contribution is 2.41.